The van der Waals surface area contributed by atoms with Crippen LogP contribution in [0.5, 0.6) is 0 Å². The van der Waals surface area contributed by atoms with Gasteiger partial charge in [-0.3, -0.25) is 4.79 Å². The fourth-order valence-corrected chi connectivity index (χ4v) is 2.42. The number of rotatable bonds is 5. The minimum atomic E-state index is -0.986. The molecule has 0 saturated carbocycles. The molecule has 4 nitrogen and oxygen atoms in total. The molecule has 0 aliphatic carbocycles. The lowest BCUT2D eigenvalue weighted by Crippen LogP contribution is -2.38. The molecule has 1 unspecified atom stereocenters. The second kappa shape index (κ2) is 6.55. The first-order valence-corrected chi connectivity index (χ1v) is 6.87. The van der Waals surface area contributed by atoms with Crippen LogP contribution in [0.4, 0.5) is 0 Å². The van der Waals surface area contributed by atoms with Crippen LogP contribution >= 0.6 is 0 Å². The normalized spacial score (nSPS) is 12.1. The third kappa shape index (κ3) is 3.38. The number of hydrogen-bond donors (Lipinski definition) is 1. The van der Waals surface area contributed by atoms with E-state index < -0.39 is 12.0 Å². The molecule has 1 rings (SSSR count). The molecule has 1 amide bonds. The molecule has 0 aliphatic rings. The summed E-state index contributed by atoms with van der Waals surface area (Å²) in [7, 11) is 0. The Morgan fingerprint density at radius 3 is 2.15 bits per heavy atom. The number of nitrogens with zero attached hydrogens (tertiary/aromatic N) is 1. The molecule has 0 aromatic heterocycles. The Kier molecular flexibility index (Phi) is 5.31. The molecule has 0 fully saturated rings. The Hall–Kier alpha value is -1.84. The van der Waals surface area contributed by atoms with Gasteiger partial charge in [-0.15, -0.1) is 0 Å². The van der Waals surface area contributed by atoms with E-state index in [9.17, 15) is 14.7 Å². The molecule has 110 valence electrons. The number of carboxylic acids is 1. The summed E-state index contributed by atoms with van der Waals surface area (Å²) in [4.78, 5) is 24.9. The molecule has 0 saturated heterocycles. The standard InChI is InChI=1S/C16H23NO3/c1-6-7-17(13(5)18)15(16(19)20)14-9-11(3)10(2)8-12(14)4/h8-9,15H,6-7H2,1-5H3,(H,19,20). The van der Waals surface area contributed by atoms with E-state index in [2.05, 4.69) is 0 Å². The van der Waals surface area contributed by atoms with Crippen LogP contribution in [0.1, 0.15) is 48.6 Å². The lowest BCUT2D eigenvalue weighted by atomic mass is 9.94. The first-order chi connectivity index (χ1) is 9.29. The van der Waals surface area contributed by atoms with E-state index >= 15 is 0 Å². The molecule has 4 heteroatoms. The maximum absolute atomic E-state index is 11.8. The van der Waals surface area contributed by atoms with Crippen molar-refractivity contribution in [3.63, 3.8) is 0 Å². The predicted molar refractivity (Wildman–Crippen MR) is 78.7 cm³/mol. The number of carboxylic acid groups (broad SMARTS) is 1. The maximum Gasteiger partial charge on any atom is 0.331 e. The van der Waals surface area contributed by atoms with Crippen molar-refractivity contribution in [1.82, 2.24) is 4.90 Å². The van der Waals surface area contributed by atoms with Gasteiger partial charge in [0.15, 0.2) is 6.04 Å². The van der Waals surface area contributed by atoms with E-state index in [1.54, 1.807) is 0 Å². The highest BCUT2D eigenvalue weighted by atomic mass is 16.4. The number of benzene rings is 1. The zero-order valence-electron chi connectivity index (χ0n) is 12.9. The van der Waals surface area contributed by atoms with Crippen molar-refractivity contribution < 1.29 is 14.7 Å². The van der Waals surface area contributed by atoms with Crippen LogP contribution in [-0.2, 0) is 9.59 Å². The summed E-state index contributed by atoms with van der Waals surface area (Å²) in [6.07, 6.45) is 0.729. The van der Waals surface area contributed by atoms with Crippen LogP contribution in [0.15, 0.2) is 12.1 Å². The highest BCUT2D eigenvalue weighted by molar-refractivity contribution is 5.84. The molecular weight excluding hydrogens is 254 g/mol. The topological polar surface area (TPSA) is 57.6 Å². The zero-order chi connectivity index (χ0) is 15.4. The SMILES string of the molecule is CCCN(C(C)=O)C(C(=O)O)c1cc(C)c(C)cc1C. The van der Waals surface area contributed by atoms with Gasteiger partial charge in [-0.25, -0.2) is 4.79 Å². The first-order valence-electron chi connectivity index (χ1n) is 6.87. The third-order valence-electron chi connectivity index (χ3n) is 3.59. The smallest absolute Gasteiger partial charge is 0.331 e. The number of aryl methyl sites for hydroxylation is 3. The van der Waals surface area contributed by atoms with Crippen molar-refractivity contribution in [2.24, 2.45) is 0 Å². The van der Waals surface area contributed by atoms with Crippen LogP contribution in [-0.4, -0.2) is 28.4 Å². The zero-order valence-corrected chi connectivity index (χ0v) is 12.9. The minimum Gasteiger partial charge on any atom is -0.479 e. The Balaban J connectivity index is 3.36. The summed E-state index contributed by atoms with van der Waals surface area (Å²) in [6.45, 7) is 9.64. The van der Waals surface area contributed by atoms with Crippen molar-refractivity contribution in [2.75, 3.05) is 6.54 Å². The van der Waals surface area contributed by atoms with Crippen LogP contribution < -0.4 is 0 Å². The van der Waals surface area contributed by atoms with Gasteiger partial charge in [0.2, 0.25) is 5.91 Å². The number of carbonyl (C=O) groups is 2. The molecular formula is C16H23NO3. The van der Waals surface area contributed by atoms with Crippen molar-refractivity contribution >= 4 is 11.9 Å². The maximum atomic E-state index is 11.8. The van der Waals surface area contributed by atoms with Crippen LogP contribution in [0.25, 0.3) is 0 Å². The lowest BCUT2D eigenvalue weighted by molar-refractivity contribution is -0.149. The Labute approximate surface area is 120 Å². The van der Waals surface area contributed by atoms with Crippen molar-refractivity contribution in [2.45, 2.75) is 47.1 Å². The van der Waals surface area contributed by atoms with Gasteiger partial charge in [-0.2, -0.15) is 0 Å². The second-order valence-electron chi connectivity index (χ2n) is 5.25. The largest absolute Gasteiger partial charge is 0.479 e. The van der Waals surface area contributed by atoms with Gasteiger partial charge in [0, 0.05) is 13.5 Å². The molecule has 0 radical (unpaired) electrons. The average molecular weight is 277 g/mol. The van der Waals surface area contributed by atoms with E-state index in [1.807, 2.05) is 39.8 Å². The molecule has 0 bridgehead atoms. The van der Waals surface area contributed by atoms with E-state index in [0.717, 1.165) is 23.1 Å². The van der Waals surface area contributed by atoms with Crippen LogP contribution in [0.2, 0.25) is 0 Å². The van der Waals surface area contributed by atoms with Crippen LogP contribution in [0, 0.1) is 20.8 Å². The number of carbonyl (C=O) groups excluding carboxylic acids is 1. The van der Waals surface area contributed by atoms with E-state index in [4.69, 9.17) is 0 Å². The Morgan fingerprint density at radius 2 is 1.70 bits per heavy atom. The molecule has 1 atom stereocenters. The number of hydrogen-bond acceptors (Lipinski definition) is 2. The lowest BCUT2D eigenvalue weighted by Gasteiger charge is -2.29. The van der Waals surface area contributed by atoms with Gasteiger partial charge in [0.05, 0.1) is 0 Å². The van der Waals surface area contributed by atoms with Gasteiger partial charge in [0.25, 0.3) is 0 Å². The highest BCUT2D eigenvalue weighted by Crippen LogP contribution is 2.27. The average Bonchev–Trinajstić information content (AvgIpc) is 2.34. The Morgan fingerprint density at radius 1 is 1.15 bits per heavy atom. The number of aliphatic carboxylic acids is 1. The summed E-state index contributed by atoms with van der Waals surface area (Å²) in [6, 6.07) is 2.95. The van der Waals surface area contributed by atoms with E-state index in [-0.39, 0.29) is 5.91 Å². The van der Waals surface area contributed by atoms with Gasteiger partial charge < -0.3 is 10.0 Å². The van der Waals surface area contributed by atoms with Gasteiger partial charge in [0.1, 0.15) is 0 Å². The fourth-order valence-electron chi connectivity index (χ4n) is 2.42. The molecule has 0 aliphatic heterocycles. The summed E-state index contributed by atoms with van der Waals surface area (Å²) in [5.74, 6) is -1.20. The monoisotopic (exact) mass is 277 g/mol. The first kappa shape index (κ1) is 16.2. The molecule has 0 heterocycles. The van der Waals surface area contributed by atoms with Crippen molar-refractivity contribution in [3.8, 4) is 0 Å². The van der Waals surface area contributed by atoms with Gasteiger partial charge >= 0.3 is 5.97 Å². The summed E-state index contributed by atoms with van der Waals surface area (Å²) < 4.78 is 0. The third-order valence-corrected chi connectivity index (χ3v) is 3.59. The van der Waals surface area contributed by atoms with Gasteiger partial charge in [-0.05, 0) is 49.4 Å². The molecule has 1 N–H and O–H groups in total. The van der Waals surface area contributed by atoms with Crippen LogP contribution in [0.3, 0.4) is 0 Å². The molecule has 1 aromatic rings. The minimum absolute atomic E-state index is 0.211. The molecule has 20 heavy (non-hydrogen) atoms. The van der Waals surface area contributed by atoms with E-state index in [1.165, 1.54) is 11.8 Å². The predicted octanol–water partition coefficient (Wildman–Crippen LogP) is 3.00. The fraction of sp³-hybridized carbons (Fsp3) is 0.500. The van der Waals surface area contributed by atoms with Gasteiger partial charge in [-0.1, -0.05) is 19.1 Å². The summed E-state index contributed by atoms with van der Waals surface area (Å²) >= 11 is 0. The second-order valence-corrected chi connectivity index (χ2v) is 5.25. The summed E-state index contributed by atoms with van der Waals surface area (Å²) in [5.41, 5.74) is 3.77. The van der Waals surface area contributed by atoms with Crippen molar-refractivity contribution in [3.05, 3.63) is 34.4 Å². The quantitative estimate of drug-likeness (QED) is 0.900. The Bertz CT molecular complexity index is 523. The highest BCUT2D eigenvalue weighted by Gasteiger charge is 2.30. The summed E-state index contributed by atoms with van der Waals surface area (Å²) in [5, 5.41) is 9.56. The van der Waals surface area contributed by atoms with Crippen molar-refractivity contribution in [1.29, 1.82) is 0 Å². The number of amides is 1. The molecule has 1 aromatic carbocycles. The van der Waals surface area contributed by atoms with E-state index in [0.29, 0.717) is 12.1 Å². The molecule has 0 spiro atoms.